The number of Topliss-reactive ketones (excluding diaryl/α,β-unsaturated/α-hetero) is 3. The van der Waals surface area contributed by atoms with E-state index in [0.717, 1.165) is 16.6 Å². The maximum absolute atomic E-state index is 11.8. The van der Waals surface area contributed by atoms with Crippen LogP contribution in [0.2, 0.25) is 0 Å². The molecule has 516 valence electrons. The highest BCUT2D eigenvalue weighted by molar-refractivity contribution is 6.03. The summed E-state index contributed by atoms with van der Waals surface area (Å²) in [5.74, 6) is -3.99. The van der Waals surface area contributed by atoms with E-state index in [4.69, 9.17) is 43.7 Å². The molecular formula is C68H85N3O24. The number of fused-ring (bicyclic) bond motifs is 1. The number of cyclic esters (lactones) is 2. The minimum atomic E-state index is -1.44. The fourth-order valence-electron chi connectivity index (χ4n) is 7.19. The van der Waals surface area contributed by atoms with Crippen LogP contribution in [0, 0.1) is 0 Å². The number of carbonyl (C=O) groups is 10. The van der Waals surface area contributed by atoms with Crippen LogP contribution in [0.1, 0.15) is 138 Å². The van der Waals surface area contributed by atoms with Gasteiger partial charge in [0.1, 0.15) is 89.6 Å². The molecule has 2 heterocycles. The predicted octanol–water partition coefficient (Wildman–Crippen LogP) is 7.78. The van der Waals surface area contributed by atoms with E-state index < -0.39 is 70.2 Å². The highest BCUT2D eigenvalue weighted by Crippen LogP contribution is 2.25. The summed E-state index contributed by atoms with van der Waals surface area (Å²) in [5, 5.41) is 73.1. The van der Waals surface area contributed by atoms with Crippen LogP contribution in [0.3, 0.4) is 0 Å². The Morgan fingerprint density at radius 2 is 0.895 bits per heavy atom. The van der Waals surface area contributed by atoms with Crippen molar-refractivity contribution < 1.29 is 117 Å². The molecule has 0 atom stereocenters. The first-order valence-electron chi connectivity index (χ1n) is 28.7. The van der Waals surface area contributed by atoms with E-state index in [0.29, 0.717) is 51.6 Å². The van der Waals surface area contributed by atoms with Crippen molar-refractivity contribution in [2.24, 2.45) is 0 Å². The molecule has 27 nitrogen and oxygen atoms in total. The first kappa shape index (κ1) is 82.8. The molecule has 1 fully saturated rings. The van der Waals surface area contributed by atoms with Gasteiger partial charge in [-0.25, -0.2) is 4.79 Å². The first-order chi connectivity index (χ1) is 43.7. The number of carboxylic acid groups (broad SMARTS) is 2. The average Bonchev–Trinajstić information content (AvgIpc) is 1.92. The van der Waals surface area contributed by atoms with Gasteiger partial charge in [-0.05, 0) is 151 Å². The number of nitrogens with zero attached hydrogens (tertiary/aromatic N) is 3. The lowest BCUT2D eigenvalue weighted by molar-refractivity contribution is -0.152. The molecular weight excluding hydrogens is 1240 g/mol. The van der Waals surface area contributed by atoms with E-state index in [2.05, 4.69) is 21.5 Å². The van der Waals surface area contributed by atoms with Gasteiger partial charge >= 0.3 is 41.8 Å². The van der Waals surface area contributed by atoms with Crippen molar-refractivity contribution in [2.45, 2.75) is 125 Å². The van der Waals surface area contributed by atoms with E-state index in [-0.39, 0.29) is 111 Å². The second-order valence-electron chi connectivity index (χ2n) is 21.5. The summed E-state index contributed by atoms with van der Waals surface area (Å²) < 4.78 is 34.6. The van der Waals surface area contributed by atoms with Gasteiger partial charge in [-0.1, -0.05) is 39.6 Å². The molecule has 0 saturated carbocycles. The first-order valence-corrected chi connectivity index (χ1v) is 28.7. The number of hydrogen-bond acceptors (Lipinski definition) is 24. The number of aliphatic hydroxyl groups excluding tert-OH is 1. The molecule has 7 rings (SSSR count). The molecule has 6 aromatic rings. The van der Waals surface area contributed by atoms with Gasteiger partial charge in [0.15, 0.2) is 17.3 Å². The topological polar surface area (TPSA) is 408 Å². The lowest BCUT2D eigenvalue weighted by Crippen LogP contribution is -2.30. The van der Waals surface area contributed by atoms with Crippen molar-refractivity contribution in [3.63, 3.8) is 0 Å². The average molecular weight is 1330 g/mol. The number of aromatic hydroxyl groups is 1. The van der Waals surface area contributed by atoms with Gasteiger partial charge in [-0.15, -0.1) is 15.0 Å². The number of carbonyl (C=O) groups excluding carboxylic acids is 8. The third-order valence-electron chi connectivity index (χ3n) is 12.0. The Kier molecular flexibility index (Phi) is 35.5. The standard InChI is InChI=1S/C18H17N3O3.2C16H20O7.C12H16O4.C4H4O3.2CH4/c1-12(2)18(23)24-10-9-13-7-8-17(22)16(11-13)21-19-14-5-3-4-6-15(14)20-21;2*1-16(2,21)15(20)11-3-5-12(6-4-11)22-9-10-23-14(19)8-7-13(17)18;1-12(2,15)11(14)9-3-5-10(6-4-9)16-8-7-13;5-3-1-2-4(6)7-3;;/h3-8,11,22H,1,9-10H2,2H3;2*3-6,21H,7-10H2,1-2H3,(H,17,18);3-6,13,15H,7-8H2,1-2H3;1-2H2;2*1H4. The molecule has 1 aliphatic rings. The van der Waals surface area contributed by atoms with Gasteiger partial charge in [0.05, 0.1) is 51.7 Å². The van der Waals surface area contributed by atoms with E-state index in [9.17, 15) is 68.4 Å². The molecule has 0 radical (unpaired) electrons. The summed E-state index contributed by atoms with van der Waals surface area (Å²) in [5.41, 5.74) is 0.170. The quantitative estimate of drug-likeness (QED) is 0.00615. The Morgan fingerprint density at radius 1 is 0.526 bits per heavy atom. The number of carboxylic acids is 2. The van der Waals surface area contributed by atoms with Crippen LogP contribution in [-0.4, -0.2) is 173 Å². The Morgan fingerprint density at radius 3 is 1.21 bits per heavy atom. The summed E-state index contributed by atoms with van der Waals surface area (Å²) in [6.45, 7) is 14.3. The molecule has 0 aliphatic carbocycles. The third kappa shape index (κ3) is 31.8. The molecule has 0 spiro atoms. The van der Waals surface area contributed by atoms with E-state index >= 15 is 0 Å². The summed E-state index contributed by atoms with van der Waals surface area (Å²) >= 11 is 0. The Bertz CT molecular complexity index is 3350. The number of hydrogen-bond donors (Lipinski definition) is 7. The van der Waals surface area contributed by atoms with Crippen molar-refractivity contribution in [1.82, 2.24) is 15.0 Å². The number of ether oxygens (including phenoxy) is 7. The zero-order valence-corrected chi connectivity index (χ0v) is 52.5. The van der Waals surface area contributed by atoms with Crippen LogP contribution in [0.15, 0.2) is 127 Å². The summed E-state index contributed by atoms with van der Waals surface area (Å²) in [7, 11) is 0. The highest BCUT2D eigenvalue weighted by atomic mass is 16.6. The van der Waals surface area contributed by atoms with Crippen molar-refractivity contribution >= 4 is 70.2 Å². The van der Waals surface area contributed by atoms with E-state index in [1.54, 1.807) is 73.7 Å². The zero-order valence-electron chi connectivity index (χ0n) is 52.5. The van der Waals surface area contributed by atoms with Gasteiger partial charge in [0, 0.05) is 28.7 Å². The van der Waals surface area contributed by atoms with Crippen molar-refractivity contribution in [3.8, 4) is 28.7 Å². The number of esters is 5. The Hall–Kier alpha value is -10.2. The van der Waals surface area contributed by atoms with Crippen LogP contribution in [-0.2, 0) is 58.9 Å². The lowest BCUT2D eigenvalue weighted by atomic mass is 9.97. The summed E-state index contributed by atoms with van der Waals surface area (Å²) in [6, 6.07) is 31.5. The molecule has 1 aromatic heterocycles. The molecule has 95 heavy (non-hydrogen) atoms. The van der Waals surface area contributed by atoms with Crippen LogP contribution in [0.4, 0.5) is 0 Å². The summed E-state index contributed by atoms with van der Waals surface area (Å²) in [4.78, 5) is 111. The molecule has 1 saturated heterocycles. The van der Waals surface area contributed by atoms with Crippen molar-refractivity contribution in [3.05, 3.63) is 150 Å². The molecule has 1 aliphatic heterocycles. The third-order valence-corrected chi connectivity index (χ3v) is 12.0. The largest absolute Gasteiger partial charge is 0.506 e. The minimum Gasteiger partial charge on any atom is -0.506 e. The van der Waals surface area contributed by atoms with Crippen molar-refractivity contribution in [2.75, 3.05) is 46.2 Å². The smallest absolute Gasteiger partial charge is 0.333 e. The number of rotatable bonds is 28. The second-order valence-corrected chi connectivity index (χ2v) is 21.5. The van der Waals surface area contributed by atoms with E-state index in [1.165, 1.54) is 70.6 Å². The molecule has 5 aromatic carbocycles. The Labute approximate surface area is 549 Å². The zero-order chi connectivity index (χ0) is 69.5. The maximum atomic E-state index is 11.8. The van der Waals surface area contributed by atoms with Crippen LogP contribution >= 0.6 is 0 Å². The molecule has 0 bridgehead atoms. The predicted molar refractivity (Wildman–Crippen MR) is 344 cm³/mol. The minimum absolute atomic E-state index is 0. The van der Waals surface area contributed by atoms with Crippen LogP contribution in [0.25, 0.3) is 16.7 Å². The number of phenols is 1. The highest BCUT2D eigenvalue weighted by Gasteiger charge is 2.27. The van der Waals surface area contributed by atoms with Gasteiger partial charge in [-0.2, -0.15) is 0 Å². The number of benzene rings is 5. The lowest BCUT2D eigenvalue weighted by Gasteiger charge is -2.15. The molecule has 7 N–H and O–H groups in total. The molecule has 27 heteroatoms. The summed E-state index contributed by atoms with van der Waals surface area (Å²) in [6.07, 6.45) is 0.156. The number of aliphatic carboxylic acids is 2. The number of phenolic OH excluding ortho intramolecular Hbond substituents is 1. The van der Waals surface area contributed by atoms with Crippen LogP contribution < -0.4 is 14.2 Å². The van der Waals surface area contributed by atoms with E-state index in [1.807, 2.05) is 24.3 Å². The number of aromatic nitrogens is 3. The van der Waals surface area contributed by atoms with Crippen LogP contribution in [0.5, 0.6) is 23.0 Å². The van der Waals surface area contributed by atoms with Crippen molar-refractivity contribution in [1.29, 1.82) is 0 Å². The van der Waals surface area contributed by atoms with Gasteiger partial charge in [0.2, 0.25) is 0 Å². The number of ketones is 3. The molecule has 0 amide bonds. The van der Waals surface area contributed by atoms with Gasteiger partial charge in [0.25, 0.3) is 0 Å². The monoisotopic (exact) mass is 1330 g/mol. The number of aliphatic hydroxyl groups is 4. The fraction of sp³-hybridized carbons (Fsp3) is 0.382. The normalized spacial score (nSPS) is 11.4. The fourth-order valence-corrected chi connectivity index (χ4v) is 7.19. The second kappa shape index (κ2) is 40.7. The Balaban J connectivity index is 0.000000611. The molecule has 0 unspecified atom stereocenters. The van der Waals surface area contributed by atoms with Gasteiger partial charge in [-0.3, -0.25) is 43.2 Å². The van der Waals surface area contributed by atoms with Gasteiger partial charge < -0.3 is 68.9 Å². The maximum Gasteiger partial charge on any atom is 0.333 e. The SMILES string of the molecule is C.C.C=C(C)C(=O)OCCc1ccc(O)c(-n2nc3ccccc3n2)c1.CC(C)(O)C(=O)c1ccc(OCCO)cc1.CC(C)(O)C(=O)c1ccc(OCCOC(=O)CCC(=O)O)cc1.CC(C)(O)C(=O)c1ccc(OCCOC(=O)CCC(=O)O)cc1.O=C1CCC(=O)O1.